The van der Waals surface area contributed by atoms with E-state index in [0.29, 0.717) is 5.69 Å². The summed E-state index contributed by atoms with van der Waals surface area (Å²) in [6.07, 6.45) is 0. The van der Waals surface area contributed by atoms with Crippen LogP contribution in [-0.4, -0.2) is 16.6 Å². The van der Waals surface area contributed by atoms with Gasteiger partial charge in [-0.1, -0.05) is 42.5 Å². The van der Waals surface area contributed by atoms with Crippen LogP contribution in [0.3, 0.4) is 0 Å². The number of nitrogens with zero attached hydrogens (tertiary/aromatic N) is 2. The molecule has 0 atom stereocenters. The van der Waals surface area contributed by atoms with Crippen LogP contribution in [0.25, 0.3) is 10.8 Å². The molecule has 21 heavy (non-hydrogen) atoms. The number of anilines is 2. The van der Waals surface area contributed by atoms with Gasteiger partial charge in [0.25, 0.3) is 0 Å². The minimum absolute atomic E-state index is 0.0407. The van der Waals surface area contributed by atoms with Crippen molar-refractivity contribution in [1.82, 2.24) is 4.98 Å². The third-order valence-corrected chi connectivity index (χ3v) is 3.60. The van der Waals surface area contributed by atoms with Gasteiger partial charge in [-0.3, -0.25) is 0 Å². The van der Waals surface area contributed by atoms with E-state index in [-0.39, 0.29) is 6.61 Å². The van der Waals surface area contributed by atoms with E-state index in [9.17, 15) is 5.11 Å². The molecule has 1 aromatic heterocycles. The van der Waals surface area contributed by atoms with Gasteiger partial charge in [-0.25, -0.2) is 4.98 Å². The highest BCUT2D eigenvalue weighted by Gasteiger charge is 2.11. The van der Waals surface area contributed by atoms with Crippen LogP contribution in [0.4, 0.5) is 11.5 Å². The molecular formula is C18H18N2O. The van der Waals surface area contributed by atoms with Crippen molar-refractivity contribution in [1.29, 1.82) is 0 Å². The number of aliphatic hydroxyl groups excluding tert-OH is 1. The zero-order chi connectivity index (χ0) is 14.7. The minimum Gasteiger partial charge on any atom is -0.390 e. The van der Waals surface area contributed by atoms with Gasteiger partial charge < -0.3 is 10.0 Å². The Morgan fingerprint density at radius 2 is 1.71 bits per heavy atom. The van der Waals surface area contributed by atoms with Crippen LogP contribution in [0, 0.1) is 0 Å². The second-order valence-corrected chi connectivity index (χ2v) is 4.89. The van der Waals surface area contributed by atoms with Crippen LogP contribution in [0.1, 0.15) is 12.6 Å². The first-order chi connectivity index (χ1) is 10.3. The summed E-state index contributed by atoms with van der Waals surface area (Å²) in [4.78, 5) is 6.69. The quantitative estimate of drug-likeness (QED) is 0.786. The van der Waals surface area contributed by atoms with E-state index in [1.165, 1.54) is 10.8 Å². The Kier molecular flexibility index (Phi) is 3.84. The van der Waals surface area contributed by atoms with Crippen molar-refractivity contribution in [2.45, 2.75) is 13.5 Å². The van der Waals surface area contributed by atoms with Crippen LogP contribution >= 0.6 is 0 Å². The lowest BCUT2D eigenvalue weighted by Crippen LogP contribution is -2.18. The lowest BCUT2D eigenvalue weighted by atomic mass is 10.1. The Morgan fingerprint density at radius 3 is 2.52 bits per heavy atom. The molecule has 0 unspecified atom stereocenters. The molecule has 3 nitrogen and oxygen atoms in total. The Balaban J connectivity index is 2.13. The van der Waals surface area contributed by atoms with Crippen LogP contribution in [0.5, 0.6) is 0 Å². The number of hydrogen-bond donors (Lipinski definition) is 1. The molecule has 0 bridgehead atoms. The molecule has 0 amide bonds. The fraction of sp³-hybridized carbons (Fsp3) is 0.167. The van der Waals surface area contributed by atoms with Gasteiger partial charge in [-0.15, -0.1) is 0 Å². The normalized spacial score (nSPS) is 10.8. The zero-order valence-corrected chi connectivity index (χ0v) is 12.0. The van der Waals surface area contributed by atoms with Gasteiger partial charge in [0.2, 0.25) is 0 Å². The van der Waals surface area contributed by atoms with Gasteiger partial charge >= 0.3 is 0 Å². The van der Waals surface area contributed by atoms with Gasteiger partial charge in [-0.05, 0) is 30.5 Å². The molecule has 3 heteroatoms. The first-order valence-electron chi connectivity index (χ1n) is 7.15. The second kappa shape index (κ2) is 5.94. The Bertz CT molecular complexity index is 750. The van der Waals surface area contributed by atoms with E-state index < -0.39 is 0 Å². The van der Waals surface area contributed by atoms with Gasteiger partial charge in [0.1, 0.15) is 5.82 Å². The molecule has 0 spiro atoms. The summed E-state index contributed by atoms with van der Waals surface area (Å²) in [6, 6.07) is 20.4. The number of hydrogen-bond acceptors (Lipinski definition) is 3. The number of benzene rings is 2. The summed E-state index contributed by atoms with van der Waals surface area (Å²) >= 11 is 0. The maximum atomic E-state index is 9.28. The molecule has 0 radical (unpaired) electrons. The predicted molar refractivity (Wildman–Crippen MR) is 86.8 cm³/mol. The number of aliphatic hydroxyl groups is 1. The first kappa shape index (κ1) is 13.6. The van der Waals surface area contributed by atoms with Crippen molar-refractivity contribution < 1.29 is 5.11 Å². The van der Waals surface area contributed by atoms with Crippen LogP contribution < -0.4 is 4.90 Å². The molecule has 0 aliphatic heterocycles. The molecule has 106 valence electrons. The maximum Gasteiger partial charge on any atom is 0.133 e. The zero-order valence-electron chi connectivity index (χ0n) is 12.0. The maximum absolute atomic E-state index is 9.28. The van der Waals surface area contributed by atoms with E-state index >= 15 is 0 Å². The first-order valence-corrected chi connectivity index (χ1v) is 7.15. The third kappa shape index (κ3) is 2.60. The summed E-state index contributed by atoms with van der Waals surface area (Å²) in [5.41, 5.74) is 1.82. The smallest absolute Gasteiger partial charge is 0.133 e. The van der Waals surface area contributed by atoms with Crippen molar-refractivity contribution in [3.8, 4) is 0 Å². The summed E-state index contributed by atoms with van der Waals surface area (Å²) in [5, 5.41) is 11.7. The van der Waals surface area contributed by atoms with Crippen molar-refractivity contribution in [2.75, 3.05) is 11.4 Å². The highest BCUT2D eigenvalue weighted by atomic mass is 16.3. The fourth-order valence-electron chi connectivity index (χ4n) is 2.60. The topological polar surface area (TPSA) is 36.4 Å². The number of pyridine rings is 1. The monoisotopic (exact) mass is 278 g/mol. The van der Waals surface area contributed by atoms with E-state index in [4.69, 9.17) is 0 Å². The largest absolute Gasteiger partial charge is 0.390 e. The molecule has 0 saturated carbocycles. The van der Waals surface area contributed by atoms with E-state index in [1.807, 2.05) is 24.3 Å². The van der Waals surface area contributed by atoms with E-state index in [1.54, 1.807) is 0 Å². The Hall–Kier alpha value is -2.39. The Labute approximate surface area is 124 Å². The molecule has 0 fully saturated rings. The van der Waals surface area contributed by atoms with Crippen LogP contribution in [0.2, 0.25) is 0 Å². The van der Waals surface area contributed by atoms with Gasteiger partial charge in [0.15, 0.2) is 0 Å². The molecular weight excluding hydrogens is 260 g/mol. The number of aromatic nitrogens is 1. The molecule has 0 aliphatic rings. The van der Waals surface area contributed by atoms with Gasteiger partial charge in [0, 0.05) is 11.9 Å². The highest BCUT2D eigenvalue weighted by molar-refractivity contribution is 5.95. The SMILES string of the molecule is CCN(c1cccc(CO)n1)c1cccc2ccccc12. The summed E-state index contributed by atoms with van der Waals surface area (Å²) in [6.45, 7) is 2.88. The molecule has 2 aromatic carbocycles. The Morgan fingerprint density at radius 1 is 0.952 bits per heavy atom. The molecule has 3 rings (SSSR count). The number of fused-ring (bicyclic) bond motifs is 1. The number of rotatable bonds is 4. The minimum atomic E-state index is -0.0407. The third-order valence-electron chi connectivity index (χ3n) is 3.60. The second-order valence-electron chi connectivity index (χ2n) is 4.89. The lowest BCUT2D eigenvalue weighted by Gasteiger charge is -2.24. The van der Waals surface area contributed by atoms with Gasteiger partial charge in [-0.2, -0.15) is 0 Å². The predicted octanol–water partition coefficient (Wildman–Crippen LogP) is 3.89. The summed E-state index contributed by atoms with van der Waals surface area (Å²) in [5.74, 6) is 0.861. The highest BCUT2D eigenvalue weighted by Crippen LogP contribution is 2.31. The van der Waals surface area contributed by atoms with Gasteiger partial charge in [0.05, 0.1) is 18.0 Å². The van der Waals surface area contributed by atoms with Crippen molar-refractivity contribution in [3.05, 3.63) is 66.4 Å². The molecule has 1 N–H and O–H groups in total. The summed E-state index contributed by atoms with van der Waals surface area (Å²) < 4.78 is 0. The summed E-state index contributed by atoms with van der Waals surface area (Å²) in [7, 11) is 0. The molecule has 1 heterocycles. The van der Waals surface area contributed by atoms with Crippen molar-refractivity contribution >= 4 is 22.3 Å². The molecule has 0 aliphatic carbocycles. The molecule has 3 aromatic rings. The lowest BCUT2D eigenvalue weighted by molar-refractivity contribution is 0.277. The van der Waals surface area contributed by atoms with Crippen molar-refractivity contribution in [2.24, 2.45) is 0 Å². The van der Waals surface area contributed by atoms with Crippen LogP contribution in [0.15, 0.2) is 60.7 Å². The average molecular weight is 278 g/mol. The van der Waals surface area contributed by atoms with E-state index in [2.05, 4.69) is 53.2 Å². The van der Waals surface area contributed by atoms with Crippen LogP contribution in [-0.2, 0) is 6.61 Å². The van der Waals surface area contributed by atoms with Crippen molar-refractivity contribution in [3.63, 3.8) is 0 Å². The average Bonchev–Trinajstić information content (AvgIpc) is 2.56. The fourth-order valence-corrected chi connectivity index (χ4v) is 2.60. The standard InChI is InChI=1S/C18H18N2O/c1-2-20(18-12-6-9-15(13-21)19-18)17-11-5-8-14-7-3-4-10-16(14)17/h3-12,21H,2,13H2,1H3. The van der Waals surface area contributed by atoms with E-state index in [0.717, 1.165) is 18.1 Å². The molecule has 0 saturated heterocycles.